The molecule has 0 bridgehead atoms. The zero-order chi connectivity index (χ0) is 21.6. The third-order valence-electron chi connectivity index (χ3n) is 5.06. The van der Waals surface area contributed by atoms with Crippen molar-refractivity contribution in [2.45, 2.75) is 19.4 Å². The Bertz CT molecular complexity index is 1160. The molecule has 7 heteroatoms. The second kappa shape index (κ2) is 9.37. The molecule has 1 N–H and O–H groups in total. The molecular weight excluding hydrogens is 408 g/mol. The lowest BCUT2D eigenvalue weighted by molar-refractivity contribution is -0.131. The van der Waals surface area contributed by atoms with Gasteiger partial charge in [-0.2, -0.15) is 5.26 Å². The van der Waals surface area contributed by atoms with Crippen LogP contribution in [0.4, 0.5) is 5.00 Å². The average molecular weight is 429 g/mol. The van der Waals surface area contributed by atoms with Crippen molar-refractivity contribution in [2.24, 2.45) is 0 Å². The number of hydrogen-bond acceptors (Lipinski definition) is 5. The number of amides is 2. The highest BCUT2D eigenvalue weighted by Gasteiger charge is 2.27. The van der Waals surface area contributed by atoms with Gasteiger partial charge in [0.25, 0.3) is 0 Å². The van der Waals surface area contributed by atoms with Crippen LogP contribution in [-0.4, -0.2) is 28.2 Å². The van der Waals surface area contributed by atoms with Gasteiger partial charge in [-0.25, -0.2) is 0 Å². The summed E-state index contributed by atoms with van der Waals surface area (Å²) in [6.45, 7) is 1.00. The van der Waals surface area contributed by atoms with Crippen molar-refractivity contribution < 1.29 is 9.59 Å². The summed E-state index contributed by atoms with van der Waals surface area (Å²) in [5.41, 5.74) is 3.23. The van der Waals surface area contributed by atoms with Crippen LogP contribution >= 0.6 is 11.3 Å². The first-order chi connectivity index (χ1) is 15.1. The van der Waals surface area contributed by atoms with Crippen molar-refractivity contribution >= 4 is 34.2 Å². The lowest BCUT2D eigenvalue weighted by Gasteiger charge is -2.27. The van der Waals surface area contributed by atoms with E-state index in [0.717, 1.165) is 21.6 Å². The fourth-order valence-corrected chi connectivity index (χ4v) is 4.72. The van der Waals surface area contributed by atoms with E-state index in [2.05, 4.69) is 16.4 Å². The molecule has 31 heavy (non-hydrogen) atoms. The van der Waals surface area contributed by atoms with Crippen LogP contribution in [0, 0.1) is 11.3 Å². The second-order valence-electron chi connectivity index (χ2n) is 7.16. The molecule has 0 saturated carbocycles. The number of pyridine rings is 1. The number of benzene rings is 1. The average Bonchev–Trinajstić information content (AvgIpc) is 3.15. The Morgan fingerprint density at radius 3 is 2.81 bits per heavy atom. The van der Waals surface area contributed by atoms with Gasteiger partial charge in [0.05, 0.1) is 18.5 Å². The quantitative estimate of drug-likeness (QED) is 0.627. The van der Waals surface area contributed by atoms with E-state index < -0.39 is 0 Å². The predicted octanol–water partition coefficient (Wildman–Crippen LogP) is 3.79. The van der Waals surface area contributed by atoms with Crippen LogP contribution in [0.2, 0.25) is 0 Å². The Balaban J connectivity index is 1.45. The lowest BCUT2D eigenvalue weighted by atomic mass is 10.0. The number of nitriles is 1. The zero-order valence-corrected chi connectivity index (χ0v) is 17.6. The van der Waals surface area contributed by atoms with Gasteiger partial charge in [-0.05, 0) is 35.3 Å². The maximum absolute atomic E-state index is 12.7. The van der Waals surface area contributed by atoms with E-state index in [1.54, 1.807) is 23.4 Å². The molecule has 1 aliphatic rings. The first-order valence-corrected chi connectivity index (χ1v) is 10.7. The highest BCUT2D eigenvalue weighted by atomic mass is 32.1. The maximum atomic E-state index is 12.7. The molecule has 0 atom stereocenters. The molecule has 0 saturated heterocycles. The van der Waals surface area contributed by atoms with Gasteiger partial charge in [-0.1, -0.05) is 36.4 Å². The molecule has 3 heterocycles. The highest BCUT2D eigenvalue weighted by Crippen LogP contribution is 2.36. The van der Waals surface area contributed by atoms with E-state index in [9.17, 15) is 14.9 Å². The van der Waals surface area contributed by atoms with Crippen LogP contribution in [0.5, 0.6) is 0 Å². The summed E-state index contributed by atoms with van der Waals surface area (Å²) in [6, 6.07) is 15.5. The van der Waals surface area contributed by atoms with Crippen molar-refractivity contribution in [3.8, 4) is 6.07 Å². The molecule has 1 aromatic carbocycles. The standard InChI is InChI=1S/C24H20N4O2S/c25-14-20-19-10-12-28(23(30)13-18-7-4-11-26-15-18)16-21(19)31-24(20)27-22(29)9-8-17-5-2-1-3-6-17/h1-9,11,15H,10,12-13,16H2,(H,27,29)/b9-8+. The monoisotopic (exact) mass is 428 g/mol. The third kappa shape index (κ3) is 4.87. The summed E-state index contributed by atoms with van der Waals surface area (Å²) >= 11 is 1.37. The molecule has 2 aromatic heterocycles. The Morgan fingerprint density at radius 1 is 1.23 bits per heavy atom. The van der Waals surface area contributed by atoms with Gasteiger partial charge in [0.1, 0.15) is 11.1 Å². The molecule has 0 radical (unpaired) electrons. The highest BCUT2D eigenvalue weighted by molar-refractivity contribution is 7.16. The van der Waals surface area contributed by atoms with Crippen molar-refractivity contribution in [2.75, 3.05) is 11.9 Å². The first-order valence-electron chi connectivity index (χ1n) is 9.89. The fourth-order valence-electron chi connectivity index (χ4n) is 3.50. The topological polar surface area (TPSA) is 86.1 Å². The number of nitrogens with zero attached hydrogens (tertiary/aromatic N) is 3. The van der Waals surface area contributed by atoms with Crippen molar-refractivity contribution in [3.05, 3.63) is 88.1 Å². The Hall–Kier alpha value is -3.76. The molecule has 154 valence electrons. The summed E-state index contributed by atoms with van der Waals surface area (Å²) < 4.78 is 0. The normalized spacial score (nSPS) is 12.9. The van der Waals surface area contributed by atoms with Crippen molar-refractivity contribution in [1.29, 1.82) is 5.26 Å². The van der Waals surface area contributed by atoms with Crippen molar-refractivity contribution in [1.82, 2.24) is 9.88 Å². The maximum Gasteiger partial charge on any atom is 0.249 e. The number of nitrogens with one attached hydrogen (secondary N) is 1. The second-order valence-corrected chi connectivity index (χ2v) is 8.26. The van der Waals surface area contributed by atoms with Gasteiger partial charge in [-0.3, -0.25) is 14.6 Å². The number of hydrogen-bond donors (Lipinski definition) is 1. The van der Waals surface area contributed by atoms with Crippen molar-refractivity contribution in [3.63, 3.8) is 0 Å². The number of fused-ring (bicyclic) bond motifs is 1. The largest absolute Gasteiger partial charge is 0.337 e. The molecular formula is C24H20N4O2S. The van der Waals surface area contributed by atoms with Gasteiger partial charge in [0.2, 0.25) is 11.8 Å². The molecule has 4 rings (SSSR count). The fraction of sp³-hybridized carbons (Fsp3) is 0.167. The van der Waals surface area contributed by atoms with E-state index >= 15 is 0 Å². The number of rotatable bonds is 5. The van der Waals surface area contributed by atoms with Crippen LogP contribution in [0.25, 0.3) is 6.08 Å². The van der Waals surface area contributed by atoms with Gasteiger partial charge < -0.3 is 10.2 Å². The summed E-state index contributed by atoms with van der Waals surface area (Å²) in [6.07, 6.45) is 7.47. The molecule has 3 aromatic rings. The minimum absolute atomic E-state index is 0.0296. The number of anilines is 1. The number of carbonyl (C=O) groups excluding carboxylic acids is 2. The number of aromatic nitrogens is 1. The van der Waals surface area contributed by atoms with Crippen LogP contribution in [0.3, 0.4) is 0 Å². The van der Waals surface area contributed by atoms with E-state index in [1.807, 2.05) is 42.5 Å². The molecule has 0 fully saturated rings. The Kier molecular flexibility index (Phi) is 6.20. The minimum Gasteiger partial charge on any atom is -0.337 e. The summed E-state index contributed by atoms with van der Waals surface area (Å²) in [7, 11) is 0. The molecule has 0 spiro atoms. The van der Waals surface area contributed by atoms with Crippen LogP contribution in [0.1, 0.15) is 27.1 Å². The van der Waals surface area contributed by atoms with Gasteiger partial charge in [-0.15, -0.1) is 11.3 Å². The van der Waals surface area contributed by atoms with Crippen LogP contribution in [0.15, 0.2) is 60.9 Å². The minimum atomic E-state index is -0.288. The predicted molar refractivity (Wildman–Crippen MR) is 120 cm³/mol. The van der Waals surface area contributed by atoms with Gasteiger partial charge >= 0.3 is 0 Å². The van der Waals surface area contributed by atoms with Crippen LogP contribution in [-0.2, 0) is 29.0 Å². The molecule has 1 aliphatic heterocycles. The van der Waals surface area contributed by atoms with E-state index in [-0.39, 0.29) is 11.8 Å². The molecule has 0 aliphatic carbocycles. The third-order valence-corrected chi connectivity index (χ3v) is 6.20. The van der Waals surface area contributed by atoms with Gasteiger partial charge in [0.15, 0.2) is 0 Å². The smallest absolute Gasteiger partial charge is 0.249 e. The van der Waals surface area contributed by atoms with E-state index in [0.29, 0.717) is 36.5 Å². The molecule has 6 nitrogen and oxygen atoms in total. The summed E-state index contributed by atoms with van der Waals surface area (Å²) in [5.74, 6) is -0.259. The lowest BCUT2D eigenvalue weighted by Crippen LogP contribution is -2.36. The van der Waals surface area contributed by atoms with Gasteiger partial charge in [0, 0.05) is 29.9 Å². The SMILES string of the molecule is N#Cc1c(NC(=O)/C=C/c2ccccc2)sc2c1CCN(C(=O)Cc1cccnc1)C2. The number of thiophene rings is 1. The van der Waals surface area contributed by atoms with E-state index in [4.69, 9.17) is 0 Å². The first kappa shape index (κ1) is 20.5. The molecule has 2 amide bonds. The summed E-state index contributed by atoms with van der Waals surface area (Å²) in [5, 5.41) is 13.0. The summed E-state index contributed by atoms with van der Waals surface area (Å²) in [4.78, 5) is 31.9. The Labute approximate surface area is 184 Å². The Morgan fingerprint density at radius 2 is 2.06 bits per heavy atom. The number of carbonyl (C=O) groups is 2. The van der Waals surface area contributed by atoms with Crippen LogP contribution < -0.4 is 5.32 Å². The zero-order valence-electron chi connectivity index (χ0n) is 16.7. The molecule has 0 unspecified atom stereocenters. The van der Waals surface area contributed by atoms with E-state index in [1.165, 1.54) is 17.4 Å².